The second-order valence-corrected chi connectivity index (χ2v) is 8.24. The minimum Gasteiger partial charge on any atom is -0.490 e. The van der Waals surface area contributed by atoms with Gasteiger partial charge in [0.1, 0.15) is 6.54 Å². The van der Waals surface area contributed by atoms with Crippen LogP contribution in [0.25, 0.3) is 6.08 Å². The predicted octanol–water partition coefficient (Wildman–Crippen LogP) is 5.20. The second kappa shape index (κ2) is 11.1. The molecule has 3 amide bonds. The van der Waals surface area contributed by atoms with E-state index < -0.39 is 17.1 Å². The summed E-state index contributed by atoms with van der Waals surface area (Å²) in [6.45, 7) is 4.53. The number of hydrogen-bond acceptors (Lipinski definition) is 6. The number of anilines is 1. The van der Waals surface area contributed by atoms with Crippen LogP contribution in [-0.2, 0) is 9.59 Å². The number of carbonyl (C=O) groups is 3. The first-order valence-corrected chi connectivity index (χ1v) is 11.3. The number of ether oxygens (including phenoxy) is 2. The van der Waals surface area contributed by atoms with Gasteiger partial charge in [-0.3, -0.25) is 19.3 Å². The summed E-state index contributed by atoms with van der Waals surface area (Å²) in [6, 6.07) is 11.9. The van der Waals surface area contributed by atoms with Crippen LogP contribution in [0.15, 0.2) is 47.4 Å². The van der Waals surface area contributed by atoms with Gasteiger partial charge in [0.05, 0.1) is 18.1 Å². The molecule has 2 aromatic carbocycles. The molecule has 0 radical (unpaired) electrons. The van der Waals surface area contributed by atoms with Gasteiger partial charge >= 0.3 is 0 Å². The van der Waals surface area contributed by atoms with Gasteiger partial charge in [-0.1, -0.05) is 30.7 Å². The largest absolute Gasteiger partial charge is 0.490 e. The molecule has 0 bridgehead atoms. The van der Waals surface area contributed by atoms with Crippen molar-refractivity contribution in [3.05, 3.63) is 58.0 Å². The maximum Gasteiger partial charge on any atom is 0.294 e. The van der Waals surface area contributed by atoms with Crippen LogP contribution in [0.1, 0.15) is 25.8 Å². The Morgan fingerprint density at radius 2 is 1.94 bits per heavy atom. The highest BCUT2D eigenvalue weighted by Gasteiger charge is 2.36. The molecule has 2 aromatic rings. The summed E-state index contributed by atoms with van der Waals surface area (Å²) in [5, 5.41) is 2.59. The van der Waals surface area contributed by atoms with Crippen molar-refractivity contribution < 1.29 is 23.9 Å². The fourth-order valence-electron chi connectivity index (χ4n) is 2.91. The molecule has 7 nitrogen and oxygen atoms in total. The average molecular weight is 475 g/mol. The monoisotopic (exact) mass is 474 g/mol. The van der Waals surface area contributed by atoms with Crippen LogP contribution in [0.3, 0.4) is 0 Å². The summed E-state index contributed by atoms with van der Waals surface area (Å²) in [5.74, 6) is 0.170. The maximum absolute atomic E-state index is 12.7. The van der Waals surface area contributed by atoms with E-state index in [0.717, 1.165) is 23.1 Å². The lowest BCUT2D eigenvalue weighted by atomic mass is 10.2. The topological polar surface area (TPSA) is 84.9 Å². The van der Waals surface area contributed by atoms with Crippen molar-refractivity contribution in [3.63, 3.8) is 0 Å². The minimum absolute atomic E-state index is 0.232. The molecule has 1 fully saturated rings. The first kappa shape index (κ1) is 23.7. The minimum atomic E-state index is -0.523. The molecular weight excluding hydrogens is 452 g/mol. The molecule has 1 N–H and O–H groups in total. The van der Waals surface area contributed by atoms with E-state index in [2.05, 4.69) is 5.32 Å². The summed E-state index contributed by atoms with van der Waals surface area (Å²) in [6.07, 6.45) is 2.47. The van der Waals surface area contributed by atoms with Crippen LogP contribution in [-0.4, -0.2) is 41.7 Å². The Hall–Kier alpha value is -2.97. The summed E-state index contributed by atoms with van der Waals surface area (Å²) >= 11 is 6.70. The maximum atomic E-state index is 12.7. The van der Waals surface area contributed by atoms with E-state index in [4.69, 9.17) is 21.1 Å². The number of benzene rings is 2. The zero-order chi connectivity index (χ0) is 23.1. The highest BCUT2D eigenvalue weighted by atomic mass is 35.5. The molecule has 1 aliphatic rings. The predicted molar refractivity (Wildman–Crippen MR) is 126 cm³/mol. The number of halogens is 1. The van der Waals surface area contributed by atoms with Crippen LogP contribution in [0, 0.1) is 0 Å². The Labute approximate surface area is 195 Å². The molecule has 1 heterocycles. The Kier molecular flexibility index (Phi) is 8.19. The smallest absolute Gasteiger partial charge is 0.294 e. The van der Waals surface area contributed by atoms with Crippen molar-refractivity contribution >= 4 is 52.2 Å². The molecular formula is C23H23ClN2O5S. The highest BCUT2D eigenvalue weighted by Crippen LogP contribution is 2.34. The van der Waals surface area contributed by atoms with E-state index in [1.165, 1.54) is 0 Å². The number of nitrogens with one attached hydrogen (secondary N) is 1. The average Bonchev–Trinajstić information content (AvgIpc) is 3.00. The van der Waals surface area contributed by atoms with Gasteiger partial charge in [0.2, 0.25) is 5.91 Å². The lowest BCUT2D eigenvalue weighted by Crippen LogP contribution is -2.36. The molecule has 0 saturated carbocycles. The lowest BCUT2D eigenvalue weighted by Gasteiger charge is -2.13. The van der Waals surface area contributed by atoms with Gasteiger partial charge in [-0.2, -0.15) is 0 Å². The van der Waals surface area contributed by atoms with Crippen LogP contribution < -0.4 is 14.8 Å². The summed E-state index contributed by atoms with van der Waals surface area (Å²) in [5.41, 5.74) is 1.17. The number of rotatable bonds is 9. The van der Waals surface area contributed by atoms with Gasteiger partial charge in [-0.25, -0.2) is 0 Å². The van der Waals surface area contributed by atoms with Crippen molar-refractivity contribution in [2.75, 3.05) is 25.1 Å². The first-order chi connectivity index (χ1) is 15.4. The Morgan fingerprint density at radius 1 is 1.12 bits per heavy atom. The van der Waals surface area contributed by atoms with Crippen molar-refractivity contribution in [2.45, 2.75) is 20.3 Å². The normalized spacial score (nSPS) is 14.7. The summed E-state index contributed by atoms with van der Waals surface area (Å²) < 4.78 is 11.3. The van der Waals surface area contributed by atoms with Crippen LogP contribution in [0.4, 0.5) is 10.5 Å². The number of imide groups is 1. The van der Waals surface area contributed by atoms with Gasteiger partial charge in [0, 0.05) is 10.7 Å². The molecule has 3 rings (SSSR count). The molecule has 1 aliphatic heterocycles. The summed E-state index contributed by atoms with van der Waals surface area (Å²) in [7, 11) is 0. The SMILES string of the molecule is CCCOc1ccc(/C=C2\SC(=O)N(CC(=O)Nc3cccc(Cl)c3)C2=O)cc1OCC. The van der Waals surface area contributed by atoms with Crippen LogP contribution in [0.5, 0.6) is 11.5 Å². The number of nitrogens with zero attached hydrogens (tertiary/aromatic N) is 1. The van der Waals surface area contributed by atoms with Crippen molar-refractivity contribution in [2.24, 2.45) is 0 Å². The molecule has 0 atom stereocenters. The molecule has 0 aliphatic carbocycles. The molecule has 0 unspecified atom stereocenters. The molecule has 1 saturated heterocycles. The first-order valence-electron chi connectivity index (χ1n) is 10.1. The second-order valence-electron chi connectivity index (χ2n) is 6.81. The van der Waals surface area contributed by atoms with Crippen LogP contribution >= 0.6 is 23.4 Å². The number of carbonyl (C=O) groups excluding carboxylic acids is 3. The highest BCUT2D eigenvalue weighted by molar-refractivity contribution is 8.18. The zero-order valence-corrected chi connectivity index (χ0v) is 19.3. The van der Waals surface area contributed by atoms with E-state index >= 15 is 0 Å². The van der Waals surface area contributed by atoms with E-state index in [0.29, 0.717) is 41.0 Å². The third kappa shape index (κ3) is 6.05. The van der Waals surface area contributed by atoms with E-state index in [1.54, 1.807) is 48.5 Å². The zero-order valence-electron chi connectivity index (χ0n) is 17.7. The van der Waals surface area contributed by atoms with E-state index in [9.17, 15) is 14.4 Å². The van der Waals surface area contributed by atoms with Gasteiger partial charge < -0.3 is 14.8 Å². The van der Waals surface area contributed by atoms with Gasteiger partial charge in [0.25, 0.3) is 11.1 Å². The fourth-order valence-corrected chi connectivity index (χ4v) is 3.94. The van der Waals surface area contributed by atoms with Gasteiger partial charge in [-0.05, 0) is 67.1 Å². The third-order valence-electron chi connectivity index (χ3n) is 4.31. The molecule has 0 aromatic heterocycles. The molecule has 32 heavy (non-hydrogen) atoms. The standard InChI is InChI=1S/C23H23ClN2O5S/c1-3-10-31-18-9-8-15(11-19(18)30-4-2)12-20-22(28)26(23(29)32-20)14-21(27)25-17-7-5-6-16(24)13-17/h5-9,11-13H,3-4,10,14H2,1-2H3,(H,25,27)/b20-12-. The fraction of sp³-hybridized carbons (Fsp3) is 0.261. The Balaban J connectivity index is 1.72. The Morgan fingerprint density at radius 3 is 2.66 bits per heavy atom. The molecule has 0 spiro atoms. The molecule has 9 heteroatoms. The number of hydrogen-bond donors (Lipinski definition) is 1. The van der Waals surface area contributed by atoms with E-state index in [1.807, 2.05) is 13.8 Å². The number of amides is 3. The lowest BCUT2D eigenvalue weighted by molar-refractivity contribution is -0.127. The quantitative estimate of drug-likeness (QED) is 0.502. The molecule has 168 valence electrons. The van der Waals surface area contributed by atoms with Gasteiger partial charge in [-0.15, -0.1) is 0 Å². The van der Waals surface area contributed by atoms with Crippen molar-refractivity contribution in [3.8, 4) is 11.5 Å². The number of thioether (sulfide) groups is 1. The van der Waals surface area contributed by atoms with Crippen molar-refractivity contribution in [1.29, 1.82) is 0 Å². The van der Waals surface area contributed by atoms with Crippen molar-refractivity contribution in [1.82, 2.24) is 4.90 Å². The van der Waals surface area contributed by atoms with Crippen LogP contribution in [0.2, 0.25) is 5.02 Å². The third-order valence-corrected chi connectivity index (χ3v) is 5.45. The summed E-state index contributed by atoms with van der Waals surface area (Å²) in [4.78, 5) is 38.6. The Bertz CT molecular complexity index is 1060. The van der Waals surface area contributed by atoms with Gasteiger partial charge in [0.15, 0.2) is 11.5 Å². The van der Waals surface area contributed by atoms with E-state index in [-0.39, 0.29) is 11.4 Å².